The van der Waals surface area contributed by atoms with Gasteiger partial charge in [0.2, 0.25) is 6.10 Å². The lowest BCUT2D eigenvalue weighted by atomic mass is 10.0. The van der Waals surface area contributed by atoms with E-state index in [2.05, 4.69) is 5.16 Å². The number of benzene rings is 1. The quantitative estimate of drug-likeness (QED) is 0.867. The van der Waals surface area contributed by atoms with Crippen molar-refractivity contribution in [2.24, 2.45) is 5.16 Å². The van der Waals surface area contributed by atoms with Crippen LogP contribution in [0.1, 0.15) is 12.0 Å². The Bertz CT molecular complexity index is 513. The summed E-state index contributed by atoms with van der Waals surface area (Å²) in [5.74, 6) is -1.44. The molecule has 0 aliphatic carbocycles. The molecule has 19 heavy (non-hydrogen) atoms. The molecule has 2 rings (SSSR count). The Labute approximate surface area is 110 Å². The van der Waals surface area contributed by atoms with Crippen LogP contribution < -0.4 is 0 Å². The van der Waals surface area contributed by atoms with E-state index in [0.717, 1.165) is 10.5 Å². The molecule has 1 amide bonds. The highest BCUT2D eigenvalue weighted by molar-refractivity contribution is 6.04. The Balaban J connectivity index is 1.97. The fraction of sp³-hybridized carbons (Fsp3) is 0.308. The number of hydrogen-bond acceptors (Lipinski definition) is 4. The number of carboxylic acids is 1. The van der Waals surface area contributed by atoms with Gasteiger partial charge in [-0.15, -0.1) is 0 Å². The lowest BCUT2D eigenvalue weighted by Gasteiger charge is -2.17. The summed E-state index contributed by atoms with van der Waals surface area (Å²) in [5.41, 5.74) is 1.60. The highest BCUT2D eigenvalue weighted by Crippen LogP contribution is 2.17. The van der Waals surface area contributed by atoms with Crippen molar-refractivity contribution in [3.63, 3.8) is 0 Å². The molecule has 1 heterocycles. The van der Waals surface area contributed by atoms with Gasteiger partial charge in [-0.25, -0.2) is 0 Å². The molecule has 100 valence electrons. The van der Waals surface area contributed by atoms with Crippen molar-refractivity contribution >= 4 is 17.6 Å². The largest absolute Gasteiger partial charge is 0.480 e. The zero-order valence-corrected chi connectivity index (χ0v) is 10.4. The molecule has 6 heteroatoms. The van der Waals surface area contributed by atoms with Crippen LogP contribution >= 0.6 is 0 Å². The smallest absolute Gasteiger partial charge is 0.323 e. The molecule has 0 bridgehead atoms. The summed E-state index contributed by atoms with van der Waals surface area (Å²) in [6.07, 6.45) is -0.383. The van der Waals surface area contributed by atoms with Gasteiger partial charge in [-0.05, 0) is 5.56 Å². The molecular formula is C13H14N2O4. The summed E-state index contributed by atoms with van der Waals surface area (Å²) in [6.45, 7) is -0.348. The van der Waals surface area contributed by atoms with E-state index in [4.69, 9.17) is 9.94 Å². The van der Waals surface area contributed by atoms with Gasteiger partial charge in [0.15, 0.2) is 0 Å². The van der Waals surface area contributed by atoms with Gasteiger partial charge in [-0.3, -0.25) is 9.59 Å². The Morgan fingerprint density at radius 2 is 2.11 bits per heavy atom. The van der Waals surface area contributed by atoms with Gasteiger partial charge in [-0.2, -0.15) is 0 Å². The Morgan fingerprint density at radius 3 is 2.74 bits per heavy atom. The first-order chi connectivity index (χ1) is 9.08. The molecule has 1 atom stereocenters. The second-order valence-electron chi connectivity index (χ2n) is 4.29. The highest BCUT2D eigenvalue weighted by atomic mass is 16.6. The standard InChI is InChI=1S/C13H14N2O4/c1-15(8-12(16)17)13(18)11-7-10(14-19-11)9-5-3-2-4-6-9/h2-6,11H,7-8H2,1H3,(H,16,17). The number of aliphatic carboxylic acids is 1. The second-order valence-corrected chi connectivity index (χ2v) is 4.29. The fourth-order valence-electron chi connectivity index (χ4n) is 1.84. The van der Waals surface area contributed by atoms with E-state index in [1.54, 1.807) is 0 Å². The van der Waals surface area contributed by atoms with Gasteiger partial charge >= 0.3 is 5.97 Å². The molecule has 1 aromatic rings. The Hall–Kier alpha value is -2.37. The molecule has 0 spiro atoms. The summed E-state index contributed by atoms with van der Waals surface area (Å²) < 4.78 is 0. The molecule has 0 radical (unpaired) electrons. The van der Waals surface area contributed by atoms with Crippen molar-refractivity contribution in [3.8, 4) is 0 Å². The van der Waals surface area contributed by atoms with Crippen molar-refractivity contribution in [2.45, 2.75) is 12.5 Å². The van der Waals surface area contributed by atoms with Gasteiger partial charge in [-0.1, -0.05) is 35.5 Å². The van der Waals surface area contributed by atoms with Gasteiger partial charge in [0.1, 0.15) is 6.54 Å². The van der Waals surface area contributed by atoms with Gasteiger partial charge in [0.25, 0.3) is 5.91 Å². The number of oxime groups is 1. The molecule has 1 aliphatic rings. The molecule has 6 nitrogen and oxygen atoms in total. The minimum Gasteiger partial charge on any atom is -0.480 e. The number of rotatable bonds is 4. The van der Waals surface area contributed by atoms with Crippen LogP contribution in [-0.2, 0) is 14.4 Å². The molecule has 1 aliphatic heterocycles. The van der Waals surface area contributed by atoms with Gasteiger partial charge < -0.3 is 14.8 Å². The number of nitrogens with zero attached hydrogens (tertiary/aromatic N) is 2. The molecule has 0 saturated heterocycles. The minimum absolute atomic E-state index is 0.348. The maximum atomic E-state index is 11.9. The molecule has 0 fully saturated rings. The van der Waals surface area contributed by atoms with Crippen molar-refractivity contribution in [2.75, 3.05) is 13.6 Å². The maximum absolute atomic E-state index is 11.9. The molecule has 1 unspecified atom stereocenters. The molecule has 1 aromatic carbocycles. The first kappa shape index (κ1) is 13.1. The summed E-state index contributed by atoms with van der Waals surface area (Å²) in [6, 6.07) is 9.42. The predicted octanol–water partition coefficient (Wildman–Crippen LogP) is 0.723. The monoisotopic (exact) mass is 262 g/mol. The van der Waals surface area contributed by atoms with Crippen LogP contribution in [0.25, 0.3) is 0 Å². The summed E-state index contributed by atoms with van der Waals surface area (Å²) in [7, 11) is 1.43. The number of carboxylic acid groups (broad SMARTS) is 1. The average molecular weight is 262 g/mol. The number of likely N-dealkylation sites (N-methyl/N-ethyl adjacent to an activating group) is 1. The minimum atomic E-state index is -1.06. The summed E-state index contributed by atoms with van der Waals surface area (Å²) in [5, 5.41) is 12.5. The van der Waals surface area contributed by atoms with E-state index >= 15 is 0 Å². The number of carbonyl (C=O) groups is 2. The van der Waals surface area contributed by atoms with Crippen LogP contribution in [0.5, 0.6) is 0 Å². The Morgan fingerprint density at radius 1 is 1.42 bits per heavy atom. The lowest BCUT2D eigenvalue weighted by molar-refractivity contribution is -0.148. The SMILES string of the molecule is CN(CC(=O)O)C(=O)C1CC(c2ccccc2)=NO1. The van der Waals surface area contributed by atoms with Crippen LogP contribution in [0.4, 0.5) is 0 Å². The number of amides is 1. The van der Waals surface area contributed by atoms with E-state index in [-0.39, 0.29) is 12.5 Å². The maximum Gasteiger partial charge on any atom is 0.323 e. The van der Waals surface area contributed by atoms with E-state index in [1.165, 1.54) is 7.05 Å². The third kappa shape index (κ3) is 3.09. The van der Waals surface area contributed by atoms with Crippen molar-refractivity contribution in [3.05, 3.63) is 35.9 Å². The zero-order chi connectivity index (χ0) is 13.8. The molecule has 0 saturated carbocycles. The van der Waals surface area contributed by atoms with Crippen molar-refractivity contribution in [1.29, 1.82) is 0 Å². The Kier molecular flexibility index (Phi) is 3.79. The number of hydrogen-bond donors (Lipinski definition) is 1. The first-order valence-corrected chi connectivity index (χ1v) is 5.83. The normalized spacial score (nSPS) is 17.5. The van der Waals surface area contributed by atoms with Crippen LogP contribution in [0, 0.1) is 0 Å². The molecule has 0 aromatic heterocycles. The third-order valence-electron chi connectivity index (χ3n) is 2.80. The van der Waals surface area contributed by atoms with E-state index in [9.17, 15) is 9.59 Å². The predicted molar refractivity (Wildman–Crippen MR) is 67.7 cm³/mol. The van der Waals surface area contributed by atoms with Gasteiger partial charge in [0, 0.05) is 13.5 Å². The molecular weight excluding hydrogens is 248 g/mol. The van der Waals surface area contributed by atoms with Crippen LogP contribution in [-0.4, -0.2) is 47.3 Å². The zero-order valence-electron chi connectivity index (χ0n) is 10.4. The summed E-state index contributed by atoms with van der Waals surface area (Å²) >= 11 is 0. The van der Waals surface area contributed by atoms with E-state index in [0.29, 0.717) is 12.1 Å². The molecule has 1 N–H and O–H groups in total. The summed E-state index contributed by atoms with van der Waals surface area (Å²) in [4.78, 5) is 28.7. The average Bonchev–Trinajstić information content (AvgIpc) is 2.87. The van der Waals surface area contributed by atoms with Crippen LogP contribution in [0.15, 0.2) is 35.5 Å². The van der Waals surface area contributed by atoms with Crippen molar-refractivity contribution in [1.82, 2.24) is 4.90 Å². The first-order valence-electron chi connectivity index (χ1n) is 5.83. The van der Waals surface area contributed by atoms with E-state index in [1.807, 2.05) is 30.3 Å². The fourth-order valence-corrected chi connectivity index (χ4v) is 1.84. The number of carbonyl (C=O) groups excluding carboxylic acids is 1. The highest BCUT2D eigenvalue weighted by Gasteiger charge is 2.31. The van der Waals surface area contributed by atoms with Gasteiger partial charge in [0.05, 0.1) is 5.71 Å². The lowest BCUT2D eigenvalue weighted by Crippen LogP contribution is -2.39. The second kappa shape index (κ2) is 5.51. The topological polar surface area (TPSA) is 79.2 Å². The van der Waals surface area contributed by atoms with Crippen LogP contribution in [0.2, 0.25) is 0 Å². The van der Waals surface area contributed by atoms with Crippen molar-refractivity contribution < 1.29 is 19.5 Å². The van der Waals surface area contributed by atoms with E-state index < -0.39 is 12.1 Å². The third-order valence-corrected chi connectivity index (χ3v) is 2.80. The van der Waals surface area contributed by atoms with Crippen LogP contribution in [0.3, 0.4) is 0 Å².